The summed E-state index contributed by atoms with van der Waals surface area (Å²) in [7, 11) is 0. The van der Waals surface area contributed by atoms with E-state index in [-0.39, 0.29) is 0 Å². The van der Waals surface area contributed by atoms with E-state index in [9.17, 15) is 31.9 Å². The fourth-order valence-corrected chi connectivity index (χ4v) is 2.44. The van der Waals surface area contributed by atoms with Gasteiger partial charge in [-0.05, 0) is 34.6 Å². The Kier molecular flexibility index (Phi) is 7.49. The molecule has 12 heteroatoms. The summed E-state index contributed by atoms with van der Waals surface area (Å²) in [6.07, 6.45) is -0.740. The monoisotopic (exact) mass is 428 g/mol. The molecule has 2 saturated heterocycles. The van der Waals surface area contributed by atoms with Crippen molar-refractivity contribution < 1.29 is 36.7 Å². The zero-order valence-corrected chi connectivity index (χ0v) is 17.1. The number of halogens is 4. The molecule has 0 unspecified atom stereocenters. The number of hydrogen-bond acceptors (Lipinski definition) is 5. The van der Waals surface area contributed by atoms with Gasteiger partial charge in [-0.25, -0.2) is 22.4 Å². The van der Waals surface area contributed by atoms with Gasteiger partial charge in [0.25, 0.3) is 11.8 Å². The predicted molar refractivity (Wildman–Crippen MR) is 95.5 cm³/mol. The highest BCUT2D eigenvalue weighted by Crippen LogP contribution is 2.27. The van der Waals surface area contributed by atoms with Gasteiger partial charge in [-0.1, -0.05) is 0 Å². The fourth-order valence-electron chi connectivity index (χ4n) is 2.44. The van der Waals surface area contributed by atoms with Crippen LogP contribution in [0.1, 0.15) is 34.6 Å². The van der Waals surface area contributed by atoms with Gasteiger partial charge in [0.1, 0.15) is 11.6 Å². The lowest BCUT2D eigenvalue weighted by molar-refractivity contribution is -0.167. The van der Waals surface area contributed by atoms with Gasteiger partial charge in [-0.3, -0.25) is 9.59 Å². The molecule has 0 spiro atoms. The maximum atomic E-state index is 12.6. The van der Waals surface area contributed by atoms with Crippen molar-refractivity contribution in [2.24, 2.45) is 5.73 Å². The smallest absolute Gasteiger partial charge is 0.408 e. The molecular formula is C17H28F4N4O4. The van der Waals surface area contributed by atoms with Crippen LogP contribution in [-0.2, 0) is 14.3 Å². The third-order valence-corrected chi connectivity index (χ3v) is 3.81. The molecule has 168 valence electrons. The number of nitrogens with two attached hydrogens (primary N) is 1. The molecule has 3 amide bonds. The lowest BCUT2D eigenvalue weighted by Crippen LogP contribution is -2.62. The zero-order chi connectivity index (χ0) is 22.8. The molecular weight excluding hydrogens is 400 g/mol. The SMILES string of the molecule is C[C@@H](N)C(=O)N1CC(F)(F)C1.C[C@@H](NC(=O)OC(C)(C)C)C(=O)N1CC(F)(F)C1. The molecule has 0 bridgehead atoms. The molecule has 2 aliphatic heterocycles. The van der Waals surface area contributed by atoms with E-state index in [1.54, 1.807) is 20.8 Å². The van der Waals surface area contributed by atoms with Crippen molar-refractivity contribution in [1.29, 1.82) is 0 Å². The average Bonchev–Trinajstić information content (AvgIpc) is 2.47. The first-order valence-electron chi connectivity index (χ1n) is 9.01. The Labute approximate surface area is 166 Å². The maximum absolute atomic E-state index is 12.6. The highest BCUT2D eigenvalue weighted by Gasteiger charge is 2.47. The summed E-state index contributed by atoms with van der Waals surface area (Å²) in [6, 6.07) is -1.55. The number of alkyl halides is 4. The molecule has 2 fully saturated rings. The zero-order valence-electron chi connectivity index (χ0n) is 17.1. The first-order chi connectivity index (χ1) is 12.9. The molecule has 29 heavy (non-hydrogen) atoms. The van der Waals surface area contributed by atoms with Gasteiger partial charge in [0.05, 0.1) is 32.2 Å². The van der Waals surface area contributed by atoms with E-state index >= 15 is 0 Å². The molecule has 8 nitrogen and oxygen atoms in total. The normalized spacial score (nSPS) is 21.4. The Morgan fingerprint density at radius 1 is 0.931 bits per heavy atom. The third kappa shape index (κ3) is 8.03. The minimum atomic E-state index is -2.80. The Hall–Kier alpha value is -2.11. The second-order valence-corrected chi connectivity index (χ2v) is 8.26. The second-order valence-electron chi connectivity index (χ2n) is 8.26. The molecule has 0 aromatic rings. The molecule has 2 atom stereocenters. The van der Waals surface area contributed by atoms with E-state index in [1.807, 2.05) is 0 Å². The summed E-state index contributed by atoms with van der Waals surface area (Å²) in [5.74, 6) is -6.44. The molecule has 0 aliphatic carbocycles. The second kappa shape index (κ2) is 8.72. The summed E-state index contributed by atoms with van der Waals surface area (Å²) in [6.45, 7) is 5.85. The number of carbonyl (C=O) groups is 3. The van der Waals surface area contributed by atoms with Crippen molar-refractivity contribution in [2.75, 3.05) is 26.2 Å². The largest absolute Gasteiger partial charge is 0.444 e. The first kappa shape index (κ1) is 24.9. The number of ether oxygens (including phenoxy) is 1. The van der Waals surface area contributed by atoms with Crippen LogP contribution in [0.2, 0.25) is 0 Å². The first-order valence-corrected chi connectivity index (χ1v) is 9.01. The highest BCUT2D eigenvalue weighted by molar-refractivity contribution is 5.86. The van der Waals surface area contributed by atoms with Crippen LogP contribution in [0.15, 0.2) is 0 Å². The van der Waals surface area contributed by atoms with Crippen LogP contribution >= 0.6 is 0 Å². The van der Waals surface area contributed by atoms with E-state index < -0.39 is 73.6 Å². The summed E-state index contributed by atoms with van der Waals surface area (Å²) < 4.78 is 54.5. The molecule has 3 N–H and O–H groups in total. The standard InChI is InChI=1S/C11H18F2N2O3.C6H10F2N2O/c1-7(14-9(17)18-10(2,3)4)8(16)15-5-11(12,13)6-15;1-4(9)5(11)10-2-6(7,8)3-10/h7H,5-6H2,1-4H3,(H,14,17);4H,2-3,9H2,1H3/t7-;4-/m11/s1. The van der Waals surface area contributed by atoms with E-state index in [4.69, 9.17) is 10.5 Å². The third-order valence-electron chi connectivity index (χ3n) is 3.81. The molecule has 0 saturated carbocycles. The quantitative estimate of drug-likeness (QED) is 0.657. The van der Waals surface area contributed by atoms with Crippen LogP contribution in [0, 0.1) is 0 Å². The summed E-state index contributed by atoms with van der Waals surface area (Å²) >= 11 is 0. The minimum absolute atomic E-state index is 0.407. The predicted octanol–water partition coefficient (Wildman–Crippen LogP) is 1.19. The van der Waals surface area contributed by atoms with Crippen molar-refractivity contribution >= 4 is 17.9 Å². The van der Waals surface area contributed by atoms with Crippen molar-refractivity contribution in [1.82, 2.24) is 15.1 Å². The van der Waals surface area contributed by atoms with Gasteiger partial charge >= 0.3 is 6.09 Å². The molecule has 0 radical (unpaired) electrons. The lowest BCUT2D eigenvalue weighted by atomic mass is 10.1. The van der Waals surface area contributed by atoms with Crippen LogP contribution in [0.4, 0.5) is 22.4 Å². The van der Waals surface area contributed by atoms with Crippen molar-refractivity contribution in [2.45, 2.75) is 64.1 Å². The van der Waals surface area contributed by atoms with Crippen molar-refractivity contribution in [3.63, 3.8) is 0 Å². The summed E-state index contributed by atoms with van der Waals surface area (Å²) in [4.78, 5) is 36.0. The Balaban J connectivity index is 0.000000326. The Morgan fingerprint density at radius 3 is 1.62 bits per heavy atom. The molecule has 2 heterocycles. The number of carbonyl (C=O) groups excluding carboxylic acids is 3. The lowest BCUT2D eigenvalue weighted by Gasteiger charge is -2.40. The molecule has 2 rings (SSSR count). The number of nitrogens with zero attached hydrogens (tertiary/aromatic N) is 2. The van der Waals surface area contributed by atoms with Crippen molar-refractivity contribution in [3.05, 3.63) is 0 Å². The average molecular weight is 428 g/mol. The number of amides is 3. The van der Waals surface area contributed by atoms with Gasteiger partial charge in [0.15, 0.2) is 0 Å². The number of rotatable bonds is 3. The number of likely N-dealkylation sites (tertiary alicyclic amines) is 2. The van der Waals surface area contributed by atoms with Crippen LogP contribution in [-0.4, -0.2) is 83.4 Å². The summed E-state index contributed by atoms with van der Waals surface area (Å²) in [5.41, 5.74) is 4.53. The van der Waals surface area contributed by atoms with E-state index in [0.29, 0.717) is 0 Å². The van der Waals surface area contributed by atoms with Crippen LogP contribution in [0.3, 0.4) is 0 Å². The van der Waals surface area contributed by atoms with Gasteiger partial charge < -0.3 is 25.6 Å². The molecule has 0 aromatic heterocycles. The maximum Gasteiger partial charge on any atom is 0.408 e. The van der Waals surface area contributed by atoms with Crippen LogP contribution in [0.25, 0.3) is 0 Å². The topological polar surface area (TPSA) is 105 Å². The van der Waals surface area contributed by atoms with Gasteiger partial charge in [0.2, 0.25) is 11.8 Å². The van der Waals surface area contributed by atoms with Crippen LogP contribution in [0.5, 0.6) is 0 Å². The van der Waals surface area contributed by atoms with E-state index in [2.05, 4.69) is 5.32 Å². The Bertz CT molecular complexity index is 621. The molecule has 0 aromatic carbocycles. The van der Waals surface area contributed by atoms with E-state index in [1.165, 1.54) is 13.8 Å². The number of alkyl carbamates (subject to hydrolysis) is 1. The van der Waals surface area contributed by atoms with Gasteiger partial charge in [-0.2, -0.15) is 0 Å². The van der Waals surface area contributed by atoms with Crippen molar-refractivity contribution in [3.8, 4) is 0 Å². The van der Waals surface area contributed by atoms with E-state index in [0.717, 1.165) is 9.80 Å². The van der Waals surface area contributed by atoms with Crippen LogP contribution < -0.4 is 11.1 Å². The summed E-state index contributed by atoms with van der Waals surface area (Å²) in [5, 5.41) is 2.32. The fraction of sp³-hybridized carbons (Fsp3) is 0.824. The van der Waals surface area contributed by atoms with Gasteiger partial charge in [0, 0.05) is 0 Å². The number of nitrogens with one attached hydrogen (secondary N) is 1. The van der Waals surface area contributed by atoms with Gasteiger partial charge in [-0.15, -0.1) is 0 Å². The Morgan fingerprint density at radius 2 is 1.31 bits per heavy atom. The molecule has 2 aliphatic rings. The minimum Gasteiger partial charge on any atom is -0.444 e. The highest BCUT2D eigenvalue weighted by atomic mass is 19.3. The number of hydrogen-bond donors (Lipinski definition) is 2.